The molecule has 1 aliphatic carbocycles. The van der Waals surface area contributed by atoms with Crippen molar-refractivity contribution in [3.63, 3.8) is 0 Å². The highest BCUT2D eigenvalue weighted by Crippen LogP contribution is 2.31. The number of nitrogens with zero attached hydrogens (tertiary/aromatic N) is 2. The molecule has 1 saturated carbocycles. The molecule has 0 amide bonds. The van der Waals surface area contributed by atoms with E-state index < -0.39 is 24.3 Å². The van der Waals surface area contributed by atoms with Crippen molar-refractivity contribution in [1.82, 2.24) is 20.4 Å². The second-order valence-electron chi connectivity index (χ2n) is 10.8. The molecule has 2 aliphatic rings. The van der Waals surface area contributed by atoms with Crippen LogP contribution in [0.2, 0.25) is 0 Å². The third kappa shape index (κ3) is 14.3. The molecular weight excluding hydrogens is 630 g/mol. The van der Waals surface area contributed by atoms with Crippen LogP contribution >= 0.6 is 0 Å². The molecule has 11 nitrogen and oxygen atoms in total. The Balaban J connectivity index is 0.000000440. The van der Waals surface area contributed by atoms with Crippen molar-refractivity contribution in [2.24, 2.45) is 5.92 Å². The molecule has 1 aromatic carbocycles. The van der Waals surface area contributed by atoms with Crippen molar-refractivity contribution >= 4 is 11.9 Å². The predicted octanol–water partition coefficient (Wildman–Crippen LogP) is 4.74. The number of aromatic amines is 1. The summed E-state index contributed by atoms with van der Waals surface area (Å²) < 4.78 is 81.1. The molecule has 4 N–H and O–H groups in total. The number of carbonyl (C=O) groups is 2. The van der Waals surface area contributed by atoms with E-state index in [4.69, 9.17) is 34.0 Å². The summed E-state index contributed by atoms with van der Waals surface area (Å²) in [5, 5.41) is 24.9. The van der Waals surface area contributed by atoms with Crippen LogP contribution in [0.4, 0.5) is 26.3 Å². The van der Waals surface area contributed by atoms with Gasteiger partial charge in [0.2, 0.25) is 0 Å². The van der Waals surface area contributed by atoms with Gasteiger partial charge in [-0.05, 0) is 63.5 Å². The second kappa shape index (κ2) is 18.7. The molecule has 2 aromatic rings. The SMILES string of the molecule is CNCCN(C)Cc1cn[nH]c1-c1ccc(OC2CC(OCCC3CCOCC3)C2)cc1.O=C(O)C(F)(F)F.O=C(O)C(F)(F)F. The first-order chi connectivity index (χ1) is 21.6. The fourth-order valence-electron chi connectivity index (χ4n) is 4.43. The van der Waals surface area contributed by atoms with Crippen LogP contribution in [0.25, 0.3) is 11.3 Å². The van der Waals surface area contributed by atoms with Crippen LogP contribution in [0.1, 0.15) is 37.7 Å². The van der Waals surface area contributed by atoms with Crippen molar-refractivity contribution in [1.29, 1.82) is 0 Å². The number of ether oxygens (including phenoxy) is 3. The number of carboxylic acids is 2. The Morgan fingerprint density at radius 1 is 1.02 bits per heavy atom. The predicted molar refractivity (Wildman–Crippen MR) is 153 cm³/mol. The quantitative estimate of drug-likeness (QED) is 0.234. The molecule has 260 valence electrons. The number of aliphatic carboxylic acids is 2. The number of aromatic nitrogens is 2. The van der Waals surface area contributed by atoms with E-state index >= 15 is 0 Å². The first kappa shape index (κ1) is 38.8. The molecule has 2 heterocycles. The fourth-order valence-corrected chi connectivity index (χ4v) is 4.43. The summed E-state index contributed by atoms with van der Waals surface area (Å²) in [5.41, 5.74) is 3.42. The van der Waals surface area contributed by atoms with Crippen molar-refractivity contribution in [2.75, 3.05) is 47.0 Å². The zero-order chi connectivity index (χ0) is 34.3. The molecule has 1 aromatic heterocycles. The minimum absolute atomic E-state index is 0.262. The van der Waals surface area contributed by atoms with Crippen LogP contribution in [0.15, 0.2) is 30.5 Å². The molecule has 0 atom stereocenters. The number of likely N-dealkylation sites (N-methyl/N-ethyl adjacent to an activating group) is 2. The number of carboxylic acid groups (broad SMARTS) is 2. The van der Waals surface area contributed by atoms with Gasteiger partial charge >= 0.3 is 24.3 Å². The van der Waals surface area contributed by atoms with Gasteiger partial charge in [0.25, 0.3) is 0 Å². The van der Waals surface area contributed by atoms with E-state index in [1.165, 1.54) is 18.4 Å². The van der Waals surface area contributed by atoms with E-state index in [0.29, 0.717) is 6.10 Å². The smallest absolute Gasteiger partial charge is 0.490 e. The molecule has 1 saturated heterocycles. The van der Waals surface area contributed by atoms with Gasteiger partial charge in [0.1, 0.15) is 11.9 Å². The first-order valence-corrected chi connectivity index (χ1v) is 14.5. The van der Waals surface area contributed by atoms with Gasteiger partial charge < -0.3 is 34.6 Å². The van der Waals surface area contributed by atoms with Crippen LogP contribution in [-0.2, 0) is 25.6 Å². The maximum absolute atomic E-state index is 10.6. The van der Waals surface area contributed by atoms with E-state index in [1.807, 2.05) is 13.2 Å². The van der Waals surface area contributed by atoms with Gasteiger partial charge in [-0.1, -0.05) is 0 Å². The number of hydrogen-bond donors (Lipinski definition) is 4. The van der Waals surface area contributed by atoms with Crippen LogP contribution in [0, 0.1) is 5.92 Å². The number of nitrogens with one attached hydrogen (secondary N) is 2. The Labute approximate surface area is 262 Å². The Kier molecular flexibility index (Phi) is 15.7. The normalized spacial score (nSPS) is 18.5. The van der Waals surface area contributed by atoms with Gasteiger partial charge in [0.05, 0.1) is 18.0 Å². The average molecular weight is 671 g/mol. The maximum Gasteiger partial charge on any atom is 0.490 e. The number of rotatable bonds is 12. The summed E-state index contributed by atoms with van der Waals surface area (Å²) >= 11 is 0. The minimum Gasteiger partial charge on any atom is -0.490 e. The van der Waals surface area contributed by atoms with Crippen LogP contribution in [0.3, 0.4) is 0 Å². The van der Waals surface area contributed by atoms with Crippen molar-refractivity contribution in [3.05, 3.63) is 36.0 Å². The van der Waals surface area contributed by atoms with Gasteiger partial charge in [-0.25, -0.2) is 9.59 Å². The van der Waals surface area contributed by atoms with E-state index in [0.717, 1.165) is 81.6 Å². The molecule has 17 heteroatoms. The lowest BCUT2D eigenvalue weighted by molar-refractivity contribution is -0.193. The molecule has 46 heavy (non-hydrogen) atoms. The summed E-state index contributed by atoms with van der Waals surface area (Å²) in [4.78, 5) is 20.1. The van der Waals surface area contributed by atoms with E-state index in [2.05, 4.69) is 51.7 Å². The molecular formula is C29H40F6N4O7. The van der Waals surface area contributed by atoms with Gasteiger partial charge in [-0.15, -0.1) is 0 Å². The summed E-state index contributed by atoms with van der Waals surface area (Å²) in [5.74, 6) is -3.81. The Morgan fingerprint density at radius 2 is 1.59 bits per heavy atom. The Morgan fingerprint density at radius 3 is 2.11 bits per heavy atom. The number of H-pyrrole nitrogens is 1. The highest BCUT2D eigenvalue weighted by Gasteiger charge is 2.39. The Bertz CT molecular complexity index is 1160. The molecule has 0 radical (unpaired) electrons. The zero-order valence-electron chi connectivity index (χ0n) is 25.5. The largest absolute Gasteiger partial charge is 0.490 e. The topological polar surface area (TPSA) is 146 Å². The molecule has 4 rings (SSSR count). The van der Waals surface area contributed by atoms with Crippen LogP contribution < -0.4 is 10.1 Å². The lowest BCUT2D eigenvalue weighted by atomic mass is 9.91. The van der Waals surface area contributed by atoms with Gasteiger partial charge in [-0.3, -0.25) is 5.10 Å². The molecule has 1 aliphatic heterocycles. The van der Waals surface area contributed by atoms with Crippen molar-refractivity contribution in [2.45, 2.75) is 63.2 Å². The fraction of sp³-hybridized carbons (Fsp3) is 0.621. The second-order valence-corrected chi connectivity index (χ2v) is 10.8. The first-order valence-electron chi connectivity index (χ1n) is 14.5. The maximum atomic E-state index is 10.6. The Hall–Kier alpha value is -3.41. The van der Waals surface area contributed by atoms with E-state index in [1.54, 1.807) is 0 Å². The number of hydrogen-bond acceptors (Lipinski definition) is 8. The minimum atomic E-state index is -5.08. The van der Waals surface area contributed by atoms with Crippen LogP contribution in [0.5, 0.6) is 5.75 Å². The van der Waals surface area contributed by atoms with Gasteiger partial charge in [0.15, 0.2) is 0 Å². The monoisotopic (exact) mass is 670 g/mol. The molecule has 0 spiro atoms. The van der Waals surface area contributed by atoms with Gasteiger partial charge in [-0.2, -0.15) is 31.4 Å². The van der Waals surface area contributed by atoms with Crippen LogP contribution in [-0.4, -0.2) is 109 Å². The number of benzene rings is 1. The molecule has 2 fully saturated rings. The van der Waals surface area contributed by atoms with Crippen molar-refractivity contribution < 1.29 is 60.4 Å². The lowest BCUT2D eigenvalue weighted by Gasteiger charge is -2.35. The highest BCUT2D eigenvalue weighted by molar-refractivity contribution is 5.73. The zero-order valence-corrected chi connectivity index (χ0v) is 25.5. The highest BCUT2D eigenvalue weighted by atomic mass is 19.4. The number of halogens is 6. The summed E-state index contributed by atoms with van der Waals surface area (Å²) in [6.07, 6.45) is -2.13. The summed E-state index contributed by atoms with van der Waals surface area (Å²) in [6.45, 7) is 5.53. The van der Waals surface area contributed by atoms with E-state index in [-0.39, 0.29) is 6.10 Å². The lowest BCUT2D eigenvalue weighted by Crippen LogP contribution is -2.39. The van der Waals surface area contributed by atoms with E-state index in [9.17, 15) is 26.3 Å². The summed E-state index contributed by atoms with van der Waals surface area (Å²) in [7, 11) is 4.11. The number of alkyl halides is 6. The third-order valence-corrected chi connectivity index (χ3v) is 7.10. The van der Waals surface area contributed by atoms with Crippen molar-refractivity contribution in [3.8, 4) is 17.0 Å². The van der Waals surface area contributed by atoms with Gasteiger partial charge in [0, 0.05) is 63.4 Å². The summed E-state index contributed by atoms with van der Waals surface area (Å²) in [6, 6.07) is 8.34. The molecule has 0 unspecified atom stereocenters. The standard InChI is InChI=1S/C25H38N4O3.2C2HF3O2/c1-26-10-11-29(2)18-21-17-27-28-25(21)20-3-5-22(6-4-20)32-24-15-23(16-24)31-14-9-19-7-12-30-13-8-19;2*3-2(4,5)1(6)7/h3-6,17,19,23-24,26H,7-16,18H2,1-2H3,(H,27,28);2*(H,6,7). The average Bonchev–Trinajstić information content (AvgIpc) is 3.43. The molecule has 0 bridgehead atoms. The third-order valence-electron chi connectivity index (χ3n) is 7.10.